The monoisotopic (exact) mass is 310 g/mol. The minimum atomic E-state index is 0.0712. The Morgan fingerprint density at radius 2 is 2.09 bits per heavy atom. The molecule has 1 aromatic carbocycles. The second-order valence-electron chi connectivity index (χ2n) is 5.97. The minimum Gasteiger partial charge on any atom is -0.439 e. The molecule has 0 spiro atoms. The Morgan fingerprint density at radius 1 is 1.26 bits per heavy atom. The Kier molecular flexibility index (Phi) is 4.91. The Labute approximate surface area is 137 Å². The van der Waals surface area contributed by atoms with Crippen LogP contribution in [0.1, 0.15) is 36.5 Å². The summed E-state index contributed by atoms with van der Waals surface area (Å²) >= 11 is 0. The molecular weight excluding hydrogens is 288 g/mol. The van der Waals surface area contributed by atoms with Crippen LogP contribution in [-0.4, -0.2) is 28.9 Å². The molecule has 1 aliphatic rings. The number of aromatic nitrogens is 1. The third kappa shape index (κ3) is 3.89. The molecule has 2 heterocycles. The number of rotatable bonds is 4. The molecule has 0 saturated carbocycles. The number of benzene rings is 1. The topological polar surface area (TPSA) is 42.4 Å². The molecule has 1 unspecified atom stereocenters. The number of hydrogen-bond acceptors (Lipinski definition) is 3. The van der Waals surface area contributed by atoms with Crippen LogP contribution in [-0.2, 0) is 0 Å². The second-order valence-corrected chi connectivity index (χ2v) is 5.97. The summed E-state index contributed by atoms with van der Waals surface area (Å²) in [5.41, 5.74) is 0.627. The maximum absolute atomic E-state index is 12.6. The highest BCUT2D eigenvalue weighted by atomic mass is 16.5. The Bertz CT molecular complexity index is 640. The molecule has 1 aromatic heterocycles. The molecule has 1 amide bonds. The van der Waals surface area contributed by atoms with Crippen LogP contribution < -0.4 is 4.74 Å². The molecule has 1 atom stereocenters. The predicted octanol–water partition coefficient (Wildman–Crippen LogP) is 4.14. The fourth-order valence-electron chi connectivity index (χ4n) is 2.94. The molecule has 0 radical (unpaired) electrons. The summed E-state index contributed by atoms with van der Waals surface area (Å²) in [5, 5.41) is 0. The van der Waals surface area contributed by atoms with E-state index >= 15 is 0 Å². The van der Waals surface area contributed by atoms with E-state index in [1.54, 1.807) is 18.3 Å². The summed E-state index contributed by atoms with van der Waals surface area (Å²) in [4.78, 5) is 18.8. The predicted molar refractivity (Wildman–Crippen MR) is 89.7 cm³/mol. The molecule has 1 fully saturated rings. The molecule has 4 heteroatoms. The smallest absolute Gasteiger partial charge is 0.255 e. The number of hydrogen-bond donors (Lipinski definition) is 0. The van der Waals surface area contributed by atoms with Crippen LogP contribution in [0.5, 0.6) is 11.6 Å². The van der Waals surface area contributed by atoms with Gasteiger partial charge < -0.3 is 9.64 Å². The van der Waals surface area contributed by atoms with Crippen molar-refractivity contribution >= 4 is 5.91 Å². The van der Waals surface area contributed by atoms with E-state index in [4.69, 9.17) is 4.74 Å². The standard InChI is InChI=1S/C19H22N2O2/c1-2-15-7-6-12-21(14-15)19(22)16-10-11-18(20-13-16)23-17-8-4-3-5-9-17/h3-5,8-11,13,15H,2,6-7,12,14H2,1H3. The van der Waals surface area contributed by atoms with Crippen molar-refractivity contribution in [1.29, 1.82) is 0 Å². The van der Waals surface area contributed by atoms with Crippen LogP contribution >= 0.6 is 0 Å². The van der Waals surface area contributed by atoms with Gasteiger partial charge in [-0.05, 0) is 37.0 Å². The van der Waals surface area contributed by atoms with Crippen molar-refractivity contribution < 1.29 is 9.53 Å². The van der Waals surface area contributed by atoms with E-state index < -0.39 is 0 Å². The molecule has 1 saturated heterocycles. The number of carbonyl (C=O) groups is 1. The van der Waals surface area contributed by atoms with Crippen molar-refractivity contribution in [2.45, 2.75) is 26.2 Å². The van der Waals surface area contributed by atoms with Crippen molar-refractivity contribution in [3.05, 3.63) is 54.2 Å². The minimum absolute atomic E-state index is 0.0712. The molecule has 4 nitrogen and oxygen atoms in total. The first kappa shape index (κ1) is 15.5. The van der Waals surface area contributed by atoms with E-state index in [2.05, 4.69) is 11.9 Å². The molecule has 23 heavy (non-hydrogen) atoms. The first-order valence-corrected chi connectivity index (χ1v) is 8.24. The lowest BCUT2D eigenvalue weighted by atomic mass is 9.95. The van der Waals surface area contributed by atoms with Crippen LogP contribution in [0, 0.1) is 5.92 Å². The van der Waals surface area contributed by atoms with Crippen LogP contribution in [0.15, 0.2) is 48.7 Å². The Hall–Kier alpha value is -2.36. The van der Waals surface area contributed by atoms with Crippen LogP contribution in [0.3, 0.4) is 0 Å². The van der Waals surface area contributed by atoms with Crippen LogP contribution in [0.25, 0.3) is 0 Å². The van der Waals surface area contributed by atoms with E-state index in [0.29, 0.717) is 17.4 Å². The van der Waals surface area contributed by atoms with Gasteiger partial charge in [0.05, 0.1) is 5.56 Å². The number of likely N-dealkylation sites (tertiary alicyclic amines) is 1. The molecular formula is C19H22N2O2. The van der Waals surface area contributed by atoms with Gasteiger partial charge in [-0.2, -0.15) is 0 Å². The van der Waals surface area contributed by atoms with Crippen LogP contribution in [0.4, 0.5) is 0 Å². The van der Waals surface area contributed by atoms with E-state index in [1.807, 2.05) is 35.2 Å². The average molecular weight is 310 g/mol. The number of piperidine rings is 1. The van der Waals surface area contributed by atoms with E-state index in [-0.39, 0.29) is 5.91 Å². The van der Waals surface area contributed by atoms with Gasteiger partial charge in [-0.25, -0.2) is 4.98 Å². The van der Waals surface area contributed by atoms with E-state index in [0.717, 1.165) is 31.7 Å². The van der Waals surface area contributed by atoms with Gasteiger partial charge in [0, 0.05) is 25.4 Å². The third-order valence-electron chi connectivity index (χ3n) is 4.33. The SMILES string of the molecule is CCC1CCCN(C(=O)c2ccc(Oc3ccccc3)nc2)C1. The number of amides is 1. The van der Waals surface area contributed by atoms with Crippen molar-refractivity contribution in [3.63, 3.8) is 0 Å². The zero-order chi connectivity index (χ0) is 16.1. The molecule has 120 valence electrons. The van der Waals surface area contributed by atoms with Gasteiger partial charge in [-0.3, -0.25) is 4.79 Å². The van der Waals surface area contributed by atoms with Gasteiger partial charge in [0.1, 0.15) is 5.75 Å². The van der Waals surface area contributed by atoms with Crippen molar-refractivity contribution in [1.82, 2.24) is 9.88 Å². The van der Waals surface area contributed by atoms with Crippen LogP contribution in [0.2, 0.25) is 0 Å². The van der Waals surface area contributed by atoms with Gasteiger partial charge in [-0.15, -0.1) is 0 Å². The number of para-hydroxylation sites is 1. The summed E-state index contributed by atoms with van der Waals surface area (Å²) in [7, 11) is 0. The highest BCUT2D eigenvalue weighted by Gasteiger charge is 2.23. The van der Waals surface area contributed by atoms with Gasteiger partial charge in [0.2, 0.25) is 5.88 Å². The largest absolute Gasteiger partial charge is 0.439 e. The fraction of sp³-hybridized carbons (Fsp3) is 0.368. The van der Waals surface area contributed by atoms with Crippen molar-refractivity contribution in [2.24, 2.45) is 5.92 Å². The lowest BCUT2D eigenvalue weighted by molar-refractivity contribution is 0.0670. The Balaban J connectivity index is 1.65. The molecule has 1 aliphatic heterocycles. The third-order valence-corrected chi connectivity index (χ3v) is 4.33. The quantitative estimate of drug-likeness (QED) is 0.852. The first-order chi connectivity index (χ1) is 11.3. The maximum Gasteiger partial charge on any atom is 0.255 e. The first-order valence-electron chi connectivity index (χ1n) is 8.24. The average Bonchev–Trinajstić information content (AvgIpc) is 2.63. The second kappa shape index (κ2) is 7.27. The highest BCUT2D eigenvalue weighted by Crippen LogP contribution is 2.22. The number of carbonyl (C=O) groups excluding carboxylic acids is 1. The summed E-state index contributed by atoms with van der Waals surface area (Å²) in [6, 6.07) is 13.1. The zero-order valence-electron chi connectivity index (χ0n) is 13.4. The molecule has 0 bridgehead atoms. The van der Waals surface area contributed by atoms with E-state index in [9.17, 15) is 4.79 Å². The fourth-order valence-corrected chi connectivity index (χ4v) is 2.94. The Morgan fingerprint density at radius 3 is 2.78 bits per heavy atom. The van der Waals surface area contributed by atoms with E-state index in [1.165, 1.54) is 6.42 Å². The normalized spacial score (nSPS) is 17.8. The molecule has 2 aromatic rings. The van der Waals surface area contributed by atoms with Crippen molar-refractivity contribution in [2.75, 3.05) is 13.1 Å². The lowest BCUT2D eigenvalue weighted by Crippen LogP contribution is -2.39. The lowest BCUT2D eigenvalue weighted by Gasteiger charge is -2.32. The summed E-state index contributed by atoms with van der Waals surface area (Å²) in [6.45, 7) is 3.89. The maximum atomic E-state index is 12.6. The molecule has 3 rings (SSSR count). The summed E-state index contributed by atoms with van der Waals surface area (Å²) in [6.07, 6.45) is 5.05. The number of ether oxygens (including phenoxy) is 1. The summed E-state index contributed by atoms with van der Waals surface area (Å²) < 4.78 is 5.66. The zero-order valence-corrected chi connectivity index (χ0v) is 13.4. The highest BCUT2D eigenvalue weighted by molar-refractivity contribution is 5.94. The molecule has 0 N–H and O–H groups in total. The molecule has 0 aliphatic carbocycles. The van der Waals surface area contributed by atoms with Gasteiger partial charge in [0.15, 0.2) is 0 Å². The van der Waals surface area contributed by atoms with Gasteiger partial charge in [0.25, 0.3) is 5.91 Å². The number of nitrogens with zero attached hydrogens (tertiary/aromatic N) is 2. The number of pyridine rings is 1. The summed E-state index contributed by atoms with van der Waals surface area (Å²) in [5.74, 6) is 1.93. The van der Waals surface area contributed by atoms with Crippen molar-refractivity contribution in [3.8, 4) is 11.6 Å². The van der Waals surface area contributed by atoms with Gasteiger partial charge in [-0.1, -0.05) is 31.5 Å². The van der Waals surface area contributed by atoms with Gasteiger partial charge >= 0.3 is 0 Å².